The molecule has 0 aromatic carbocycles. The third-order valence-corrected chi connectivity index (χ3v) is 3.16. The van der Waals surface area contributed by atoms with E-state index in [2.05, 4.69) is 15.5 Å². The van der Waals surface area contributed by atoms with Crippen molar-refractivity contribution in [2.24, 2.45) is 0 Å². The zero-order valence-corrected chi connectivity index (χ0v) is 7.68. The maximum absolute atomic E-state index is 5.52. The summed E-state index contributed by atoms with van der Waals surface area (Å²) in [6, 6.07) is 0. The van der Waals surface area contributed by atoms with E-state index in [4.69, 9.17) is 5.73 Å². The summed E-state index contributed by atoms with van der Waals surface area (Å²) >= 11 is 1.54. The van der Waals surface area contributed by atoms with Crippen molar-refractivity contribution in [2.45, 2.75) is 18.8 Å². The predicted octanol–water partition coefficient (Wildman–Crippen LogP) is -0.439. The molecule has 2 rings (SSSR count). The molecule has 4 nitrogen and oxygen atoms in total. The average Bonchev–Trinajstić information content (AvgIpc) is 2.54. The fraction of sp³-hybridized carbons (Fsp3) is 0.714. The SMILES string of the molecule is Nc1nnc(C2CC[NH2+]CC2)s1. The fourth-order valence-electron chi connectivity index (χ4n) is 1.59. The molecule has 1 aliphatic rings. The van der Waals surface area contributed by atoms with Gasteiger partial charge in [-0.3, -0.25) is 0 Å². The molecule has 1 saturated heterocycles. The molecule has 0 saturated carbocycles. The number of rotatable bonds is 1. The molecular weight excluding hydrogens is 172 g/mol. The minimum Gasteiger partial charge on any atom is -0.374 e. The van der Waals surface area contributed by atoms with E-state index in [9.17, 15) is 0 Å². The summed E-state index contributed by atoms with van der Waals surface area (Å²) in [6.07, 6.45) is 2.43. The van der Waals surface area contributed by atoms with Crippen molar-refractivity contribution < 1.29 is 5.32 Å². The first kappa shape index (κ1) is 7.94. The van der Waals surface area contributed by atoms with Gasteiger partial charge in [-0.15, -0.1) is 10.2 Å². The van der Waals surface area contributed by atoms with Crippen LogP contribution in [0.4, 0.5) is 5.13 Å². The molecular formula is C7H13N4S+. The van der Waals surface area contributed by atoms with E-state index >= 15 is 0 Å². The van der Waals surface area contributed by atoms with Crippen molar-refractivity contribution in [3.63, 3.8) is 0 Å². The van der Waals surface area contributed by atoms with Crippen LogP contribution in [0.1, 0.15) is 23.8 Å². The molecule has 66 valence electrons. The molecule has 12 heavy (non-hydrogen) atoms. The molecule has 0 aliphatic carbocycles. The number of hydrogen-bond acceptors (Lipinski definition) is 4. The highest BCUT2D eigenvalue weighted by Gasteiger charge is 2.20. The Kier molecular flexibility index (Phi) is 2.23. The number of quaternary nitrogens is 1. The number of piperidine rings is 1. The summed E-state index contributed by atoms with van der Waals surface area (Å²) < 4.78 is 0. The first-order chi connectivity index (χ1) is 5.86. The van der Waals surface area contributed by atoms with Crippen LogP contribution in [0.5, 0.6) is 0 Å². The Morgan fingerprint density at radius 3 is 2.67 bits per heavy atom. The first-order valence-electron chi connectivity index (χ1n) is 4.27. The van der Waals surface area contributed by atoms with E-state index in [-0.39, 0.29) is 0 Å². The number of nitrogens with two attached hydrogens (primary N) is 2. The first-order valence-corrected chi connectivity index (χ1v) is 5.08. The molecule has 0 atom stereocenters. The average molecular weight is 185 g/mol. The Bertz CT molecular complexity index is 254. The van der Waals surface area contributed by atoms with Crippen LogP contribution in [0, 0.1) is 0 Å². The summed E-state index contributed by atoms with van der Waals surface area (Å²) in [5, 5.41) is 12.0. The molecule has 1 aliphatic heterocycles. The van der Waals surface area contributed by atoms with E-state index in [1.807, 2.05) is 0 Å². The van der Waals surface area contributed by atoms with Gasteiger partial charge in [0.05, 0.1) is 13.1 Å². The summed E-state index contributed by atoms with van der Waals surface area (Å²) in [7, 11) is 0. The van der Waals surface area contributed by atoms with Gasteiger partial charge in [0.25, 0.3) is 0 Å². The normalized spacial score (nSPS) is 19.7. The van der Waals surface area contributed by atoms with Crippen LogP contribution in [0.15, 0.2) is 0 Å². The van der Waals surface area contributed by atoms with Crippen molar-refractivity contribution in [1.82, 2.24) is 10.2 Å². The Hall–Kier alpha value is -0.680. The molecule has 5 heteroatoms. The van der Waals surface area contributed by atoms with Gasteiger partial charge in [0.1, 0.15) is 5.01 Å². The number of nitrogens with zero attached hydrogens (tertiary/aromatic N) is 2. The van der Waals surface area contributed by atoms with Gasteiger partial charge in [0.15, 0.2) is 0 Å². The van der Waals surface area contributed by atoms with Gasteiger partial charge in [-0.2, -0.15) is 0 Å². The fourth-order valence-corrected chi connectivity index (χ4v) is 2.37. The molecule has 4 N–H and O–H groups in total. The minimum atomic E-state index is 0.597. The molecule has 0 unspecified atom stereocenters. The lowest BCUT2D eigenvalue weighted by molar-refractivity contribution is -0.663. The van der Waals surface area contributed by atoms with Gasteiger partial charge in [0.2, 0.25) is 5.13 Å². The second kappa shape index (κ2) is 3.37. The third kappa shape index (κ3) is 1.56. The standard InChI is InChI=1S/C7H12N4S/c8-7-11-10-6(12-7)5-1-3-9-4-2-5/h5,9H,1-4H2,(H2,8,11)/p+1. The van der Waals surface area contributed by atoms with E-state index in [0.717, 1.165) is 5.01 Å². The molecule has 0 spiro atoms. The smallest absolute Gasteiger partial charge is 0.203 e. The summed E-state index contributed by atoms with van der Waals surface area (Å²) in [4.78, 5) is 0. The van der Waals surface area contributed by atoms with Gasteiger partial charge in [-0.1, -0.05) is 11.3 Å². The highest BCUT2D eigenvalue weighted by atomic mass is 32.1. The van der Waals surface area contributed by atoms with E-state index in [1.54, 1.807) is 0 Å². The maximum Gasteiger partial charge on any atom is 0.203 e. The Morgan fingerprint density at radius 2 is 2.08 bits per heavy atom. The maximum atomic E-state index is 5.52. The second-order valence-electron chi connectivity index (χ2n) is 3.12. The lowest BCUT2D eigenvalue weighted by Crippen LogP contribution is -2.86. The molecule has 1 fully saturated rings. The molecule has 0 amide bonds. The summed E-state index contributed by atoms with van der Waals surface area (Å²) in [5.41, 5.74) is 5.52. The molecule has 1 aromatic heterocycles. The van der Waals surface area contributed by atoms with Crippen molar-refractivity contribution >= 4 is 16.5 Å². The van der Waals surface area contributed by atoms with Gasteiger partial charge in [-0.25, -0.2) is 0 Å². The third-order valence-electron chi connectivity index (χ3n) is 2.24. The van der Waals surface area contributed by atoms with Gasteiger partial charge >= 0.3 is 0 Å². The topological polar surface area (TPSA) is 68.4 Å². The summed E-state index contributed by atoms with van der Waals surface area (Å²) in [5.74, 6) is 0.616. The van der Waals surface area contributed by atoms with Gasteiger partial charge in [0, 0.05) is 18.8 Å². The van der Waals surface area contributed by atoms with E-state index in [1.165, 1.54) is 37.3 Å². The highest BCUT2D eigenvalue weighted by Crippen LogP contribution is 2.26. The number of anilines is 1. The monoisotopic (exact) mass is 185 g/mol. The highest BCUT2D eigenvalue weighted by molar-refractivity contribution is 7.15. The quantitative estimate of drug-likeness (QED) is 0.623. The lowest BCUT2D eigenvalue weighted by Gasteiger charge is -2.16. The van der Waals surface area contributed by atoms with Crippen LogP contribution in [-0.2, 0) is 0 Å². The predicted molar refractivity (Wildman–Crippen MR) is 48.0 cm³/mol. The Balaban J connectivity index is 2.08. The van der Waals surface area contributed by atoms with E-state index in [0.29, 0.717) is 11.0 Å². The van der Waals surface area contributed by atoms with Crippen molar-refractivity contribution in [1.29, 1.82) is 0 Å². The van der Waals surface area contributed by atoms with Crippen LogP contribution >= 0.6 is 11.3 Å². The largest absolute Gasteiger partial charge is 0.374 e. The van der Waals surface area contributed by atoms with Crippen LogP contribution in [0.3, 0.4) is 0 Å². The van der Waals surface area contributed by atoms with Crippen LogP contribution in [0.2, 0.25) is 0 Å². The van der Waals surface area contributed by atoms with E-state index < -0.39 is 0 Å². The van der Waals surface area contributed by atoms with Crippen LogP contribution in [-0.4, -0.2) is 23.3 Å². The summed E-state index contributed by atoms with van der Waals surface area (Å²) in [6.45, 7) is 2.42. The van der Waals surface area contributed by atoms with Gasteiger partial charge in [-0.05, 0) is 0 Å². The number of nitrogen functional groups attached to an aromatic ring is 1. The minimum absolute atomic E-state index is 0.597. The van der Waals surface area contributed by atoms with Crippen LogP contribution in [0.25, 0.3) is 0 Å². The Labute approximate surface area is 75.2 Å². The van der Waals surface area contributed by atoms with Crippen molar-refractivity contribution in [2.75, 3.05) is 18.8 Å². The second-order valence-corrected chi connectivity index (χ2v) is 4.16. The zero-order chi connectivity index (χ0) is 8.39. The molecule has 1 aromatic rings. The molecule has 0 radical (unpaired) electrons. The van der Waals surface area contributed by atoms with Crippen molar-refractivity contribution in [3.05, 3.63) is 5.01 Å². The number of aromatic nitrogens is 2. The Morgan fingerprint density at radius 1 is 1.33 bits per heavy atom. The van der Waals surface area contributed by atoms with Crippen LogP contribution < -0.4 is 11.1 Å². The zero-order valence-electron chi connectivity index (χ0n) is 6.86. The lowest BCUT2D eigenvalue weighted by atomic mass is 9.99. The number of hydrogen-bond donors (Lipinski definition) is 2. The van der Waals surface area contributed by atoms with Gasteiger partial charge < -0.3 is 11.1 Å². The molecule has 2 heterocycles. The van der Waals surface area contributed by atoms with Crippen molar-refractivity contribution in [3.8, 4) is 0 Å². The molecule has 0 bridgehead atoms.